The van der Waals surface area contributed by atoms with Crippen molar-refractivity contribution in [3.63, 3.8) is 0 Å². The van der Waals surface area contributed by atoms with Crippen LogP contribution in [0.5, 0.6) is 0 Å². The number of nitrogens with one attached hydrogen (secondary N) is 1. The third-order valence-electron chi connectivity index (χ3n) is 3.95. The number of aryl methyl sites for hydroxylation is 1. The Bertz CT molecular complexity index is 586. The van der Waals surface area contributed by atoms with E-state index >= 15 is 0 Å². The predicted molar refractivity (Wildman–Crippen MR) is 81.5 cm³/mol. The zero-order valence-electron chi connectivity index (χ0n) is 12.1. The van der Waals surface area contributed by atoms with Crippen molar-refractivity contribution in [2.75, 3.05) is 6.54 Å². The highest BCUT2D eigenvalue weighted by Crippen LogP contribution is 2.36. The molecule has 0 bridgehead atoms. The molecule has 0 spiro atoms. The van der Waals surface area contributed by atoms with Gasteiger partial charge in [-0.05, 0) is 43.6 Å². The van der Waals surface area contributed by atoms with E-state index in [9.17, 15) is 8.42 Å². The minimum atomic E-state index is -3.33. The predicted octanol–water partition coefficient (Wildman–Crippen LogP) is 2.48. The first-order valence-electron chi connectivity index (χ1n) is 7.36. The minimum Gasteiger partial charge on any atom is -0.309 e. The van der Waals surface area contributed by atoms with E-state index < -0.39 is 10.0 Å². The molecule has 6 heteroatoms. The summed E-state index contributed by atoms with van der Waals surface area (Å²) in [5, 5.41) is 5.40. The molecule has 1 aromatic heterocycles. The first kappa shape index (κ1) is 14.5. The van der Waals surface area contributed by atoms with Crippen molar-refractivity contribution in [2.45, 2.75) is 63.1 Å². The van der Waals surface area contributed by atoms with Gasteiger partial charge in [-0.3, -0.25) is 0 Å². The van der Waals surface area contributed by atoms with Crippen LogP contribution in [-0.4, -0.2) is 31.4 Å². The van der Waals surface area contributed by atoms with Crippen molar-refractivity contribution >= 4 is 21.4 Å². The van der Waals surface area contributed by atoms with E-state index in [4.69, 9.17) is 0 Å². The number of hydrogen-bond donors (Lipinski definition) is 1. The highest BCUT2D eigenvalue weighted by atomic mass is 32.2. The summed E-state index contributed by atoms with van der Waals surface area (Å²) in [4.78, 5) is 1.53. The molecule has 0 unspecified atom stereocenters. The number of sulfonamides is 1. The fraction of sp³-hybridized carbons (Fsp3) is 0.714. The van der Waals surface area contributed by atoms with E-state index in [2.05, 4.69) is 5.32 Å². The van der Waals surface area contributed by atoms with Crippen LogP contribution >= 0.6 is 11.3 Å². The van der Waals surface area contributed by atoms with Gasteiger partial charge in [0.1, 0.15) is 4.90 Å². The number of thiophene rings is 1. The van der Waals surface area contributed by atoms with Gasteiger partial charge in [0.2, 0.25) is 10.0 Å². The number of hydrogen-bond acceptors (Lipinski definition) is 4. The molecule has 0 aromatic carbocycles. The summed E-state index contributed by atoms with van der Waals surface area (Å²) in [6.07, 6.45) is 4.45. The van der Waals surface area contributed by atoms with Crippen LogP contribution in [0.2, 0.25) is 0 Å². The topological polar surface area (TPSA) is 49.4 Å². The summed E-state index contributed by atoms with van der Waals surface area (Å²) in [5.74, 6) is 0. The fourth-order valence-electron chi connectivity index (χ4n) is 2.58. The Hall–Kier alpha value is -0.430. The molecular weight excluding hydrogens is 292 g/mol. The van der Waals surface area contributed by atoms with Crippen molar-refractivity contribution in [3.8, 4) is 0 Å². The zero-order valence-corrected chi connectivity index (χ0v) is 13.7. The van der Waals surface area contributed by atoms with Crippen LogP contribution in [0.4, 0.5) is 0 Å². The molecule has 2 fully saturated rings. The van der Waals surface area contributed by atoms with E-state index in [0.717, 1.165) is 23.3 Å². The van der Waals surface area contributed by atoms with E-state index in [1.165, 1.54) is 12.8 Å². The van der Waals surface area contributed by atoms with Gasteiger partial charge in [-0.1, -0.05) is 6.92 Å². The van der Waals surface area contributed by atoms with E-state index in [-0.39, 0.29) is 6.04 Å². The summed E-state index contributed by atoms with van der Waals surface area (Å²) in [6, 6.07) is 0.826. The smallest absolute Gasteiger partial charge is 0.244 e. The van der Waals surface area contributed by atoms with Crippen LogP contribution in [0, 0.1) is 6.92 Å². The first-order chi connectivity index (χ1) is 9.54. The summed E-state index contributed by atoms with van der Waals surface area (Å²) < 4.78 is 27.5. The van der Waals surface area contributed by atoms with Gasteiger partial charge < -0.3 is 5.32 Å². The maximum absolute atomic E-state index is 12.9. The monoisotopic (exact) mass is 314 g/mol. The van der Waals surface area contributed by atoms with Gasteiger partial charge in [0, 0.05) is 30.1 Å². The Morgan fingerprint density at radius 1 is 1.35 bits per heavy atom. The Labute approximate surface area is 125 Å². The van der Waals surface area contributed by atoms with Gasteiger partial charge in [-0.2, -0.15) is 4.31 Å². The maximum atomic E-state index is 12.9. The minimum absolute atomic E-state index is 0.230. The second kappa shape index (κ2) is 5.40. The normalized spacial score (nSPS) is 19.8. The summed E-state index contributed by atoms with van der Waals surface area (Å²) in [6.45, 7) is 5.09. The van der Waals surface area contributed by atoms with Crippen LogP contribution < -0.4 is 5.32 Å². The highest BCUT2D eigenvalue weighted by molar-refractivity contribution is 7.89. The largest absolute Gasteiger partial charge is 0.309 e. The quantitative estimate of drug-likeness (QED) is 0.841. The van der Waals surface area contributed by atoms with E-state index in [0.29, 0.717) is 24.0 Å². The van der Waals surface area contributed by atoms with Crippen LogP contribution in [0.15, 0.2) is 10.3 Å². The van der Waals surface area contributed by atoms with Gasteiger partial charge >= 0.3 is 0 Å². The first-order valence-corrected chi connectivity index (χ1v) is 9.68. The fourth-order valence-corrected chi connectivity index (χ4v) is 5.99. The molecule has 0 amide bonds. The molecule has 1 N–H and O–H groups in total. The summed E-state index contributed by atoms with van der Waals surface area (Å²) in [5.41, 5.74) is 0.890. The van der Waals surface area contributed by atoms with Crippen LogP contribution in [0.1, 0.15) is 43.0 Å². The Balaban J connectivity index is 1.88. The Morgan fingerprint density at radius 3 is 2.60 bits per heavy atom. The lowest BCUT2D eigenvalue weighted by Gasteiger charge is -2.21. The van der Waals surface area contributed by atoms with Crippen molar-refractivity contribution < 1.29 is 8.42 Å². The molecule has 2 aliphatic carbocycles. The summed E-state index contributed by atoms with van der Waals surface area (Å²) >= 11 is 1.56. The van der Waals surface area contributed by atoms with Gasteiger partial charge in [-0.15, -0.1) is 11.3 Å². The van der Waals surface area contributed by atoms with Crippen LogP contribution in [0.25, 0.3) is 0 Å². The Kier molecular flexibility index (Phi) is 3.92. The second-order valence-electron chi connectivity index (χ2n) is 5.77. The third-order valence-corrected chi connectivity index (χ3v) is 7.44. The van der Waals surface area contributed by atoms with Crippen molar-refractivity contribution in [2.24, 2.45) is 0 Å². The molecule has 1 heterocycles. The molecule has 0 aliphatic heterocycles. The molecule has 112 valence electrons. The van der Waals surface area contributed by atoms with E-state index in [1.54, 1.807) is 15.6 Å². The van der Waals surface area contributed by atoms with Gasteiger partial charge in [0.25, 0.3) is 0 Å². The summed E-state index contributed by atoms with van der Waals surface area (Å²) in [7, 11) is -3.33. The number of rotatable bonds is 7. The van der Waals surface area contributed by atoms with Crippen molar-refractivity contribution in [1.82, 2.24) is 9.62 Å². The molecule has 0 atom stereocenters. The molecule has 20 heavy (non-hydrogen) atoms. The van der Waals surface area contributed by atoms with Gasteiger partial charge in [-0.25, -0.2) is 8.42 Å². The molecule has 3 rings (SSSR count). The van der Waals surface area contributed by atoms with Crippen molar-refractivity contribution in [3.05, 3.63) is 15.8 Å². The maximum Gasteiger partial charge on any atom is 0.244 e. The molecule has 0 saturated heterocycles. The van der Waals surface area contributed by atoms with Crippen molar-refractivity contribution in [1.29, 1.82) is 0 Å². The Morgan fingerprint density at radius 2 is 2.05 bits per heavy atom. The van der Waals surface area contributed by atoms with E-state index in [1.807, 2.05) is 19.2 Å². The zero-order chi connectivity index (χ0) is 14.3. The number of nitrogens with zero attached hydrogens (tertiary/aromatic N) is 1. The molecule has 4 nitrogen and oxygen atoms in total. The lowest BCUT2D eigenvalue weighted by Crippen LogP contribution is -2.33. The highest BCUT2D eigenvalue weighted by Gasteiger charge is 2.39. The SMILES string of the molecule is CCN(C1CC1)S(=O)(=O)c1c(C)csc1CNC1CC1. The average Bonchev–Trinajstić information content (AvgIpc) is 3.28. The molecule has 2 aliphatic rings. The average molecular weight is 314 g/mol. The van der Waals surface area contributed by atoms with Gasteiger partial charge in [0.15, 0.2) is 0 Å². The third kappa shape index (κ3) is 2.79. The van der Waals surface area contributed by atoms with Crippen LogP contribution in [-0.2, 0) is 16.6 Å². The molecular formula is C14H22N2O2S2. The van der Waals surface area contributed by atoms with Crippen LogP contribution in [0.3, 0.4) is 0 Å². The molecule has 0 radical (unpaired) electrons. The van der Waals surface area contributed by atoms with Gasteiger partial charge in [0.05, 0.1) is 0 Å². The standard InChI is InChI=1S/C14H22N2O2S2/c1-3-16(12-6-7-12)20(17,18)14-10(2)9-19-13(14)8-15-11-4-5-11/h9,11-12,15H,3-8H2,1-2H3. The molecule has 2 saturated carbocycles. The molecule has 1 aromatic rings. The lowest BCUT2D eigenvalue weighted by molar-refractivity contribution is 0.420. The lowest BCUT2D eigenvalue weighted by atomic mass is 10.3. The second-order valence-corrected chi connectivity index (χ2v) is 8.56.